The second-order valence-electron chi connectivity index (χ2n) is 6.03. The highest BCUT2D eigenvalue weighted by atomic mass is 16.5. The monoisotopic (exact) mass is 365 g/mol. The number of ketones is 1. The Balaban J connectivity index is 1.53. The van der Waals surface area contributed by atoms with Crippen LogP contribution in [0.4, 0.5) is 0 Å². The van der Waals surface area contributed by atoms with Crippen LogP contribution >= 0.6 is 0 Å². The molecule has 27 heavy (non-hydrogen) atoms. The zero-order valence-corrected chi connectivity index (χ0v) is 15.1. The van der Waals surface area contributed by atoms with Crippen LogP contribution in [0.1, 0.15) is 44.7 Å². The molecule has 138 valence electrons. The van der Waals surface area contributed by atoms with Crippen LogP contribution in [0.5, 0.6) is 5.75 Å². The number of nitrogens with one attached hydrogen (secondary N) is 1. The van der Waals surface area contributed by atoms with Crippen LogP contribution in [0, 0.1) is 6.92 Å². The molecule has 7 nitrogen and oxygen atoms in total. The molecule has 0 bridgehead atoms. The number of ether oxygens (including phenoxy) is 1. The standard InChI is InChI=1S/C20H19N3O4/c1-13-10-21-8-7-16(13)11-22-20(25)19-9-18(27-23-19)12-26-17-5-3-15(4-6-17)14(2)24/h3-10H,11-12H2,1-2H3,(H,22,25). The zero-order chi connectivity index (χ0) is 19.2. The highest BCUT2D eigenvalue weighted by molar-refractivity contribution is 5.94. The van der Waals surface area contributed by atoms with Crippen molar-refractivity contribution in [3.8, 4) is 5.75 Å². The van der Waals surface area contributed by atoms with Gasteiger partial charge in [-0.3, -0.25) is 14.6 Å². The topological polar surface area (TPSA) is 94.3 Å². The largest absolute Gasteiger partial charge is 0.486 e. The van der Waals surface area contributed by atoms with Crippen molar-refractivity contribution in [2.45, 2.75) is 27.0 Å². The molecule has 7 heteroatoms. The Morgan fingerprint density at radius 1 is 1.19 bits per heavy atom. The number of aromatic nitrogens is 2. The van der Waals surface area contributed by atoms with E-state index in [0.29, 0.717) is 23.6 Å². The molecule has 0 unspecified atom stereocenters. The van der Waals surface area contributed by atoms with Crippen LogP contribution in [0.2, 0.25) is 0 Å². The number of hydrogen-bond acceptors (Lipinski definition) is 6. The van der Waals surface area contributed by atoms with E-state index in [-0.39, 0.29) is 24.0 Å². The minimum atomic E-state index is -0.327. The number of nitrogens with zero attached hydrogens (tertiary/aromatic N) is 2. The molecule has 0 aliphatic rings. The fraction of sp³-hybridized carbons (Fsp3) is 0.200. The van der Waals surface area contributed by atoms with Gasteiger partial charge in [0.05, 0.1) is 0 Å². The Morgan fingerprint density at radius 2 is 1.96 bits per heavy atom. The first-order chi connectivity index (χ1) is 13.0. The number of rotatable bonds is 7. The minimum Gasteiger partial charge on any atom is -0.486 e. The van der Waals surface area contributed by atoms with Crippen molar-refractivity contribution < 1.29 is 18.8 Å². The van der Waals surface area contributed by atoms with E-state index in [4.69, 9.17) is 9.26 Å². The van der Waals surface area contributed by atoms with Crippen LogP contribution in [0.25, 0.3) is 0 Å². The second-order valence-corrected chi connectivity index (χ2v) is 6.03. The summed E-state index contributed by atoms with van der Waals surface area (Å²) in [5.74, 6) is 0.688. The summed E-state index contributed by atoms with van der Waals surface area (Å²) in [6, 6.07) is 10.2. The lowest BCUT2D eigenvalue weighted by atomic mass is 10.1. The van der Waals surface area contributed by atoms with E-state index in [9.17, 15) is 9.59 Å². The maximum Gasteiger partial charge on any atom is 0.273 e. The molecule has 3 rings (SSSR count). The van der Waals surface area contributed by atoms with Gasteiger partial charge in [0, 0.05) is 30.6 Å². The molecular formula is C20H19N3O4. The van der Waals surface area contributed by atoms with Crippen LogP contribution in [0.3, 0.4) is 0 Å². The first-order valence-electron chi connectivity index (χ1n) is 8.40. The first kappa shape index (κ1) is 18.3. The van der Waals surface area contributed by atoms with Crippen molar-refractivity contribution in [1.29, 1.82) is 0 Å². The Morgan fingerprint density at radius 3 is 2.67 bits per heavy atom. The SMILES string of the molecule is CC(=O)c1ccc(OCc2cc(C(=O)NCc3ccncc3C)no2)cc1. The lowest BCUT2D eigenvalue weighted by Crippen LogP contribution is -2.23. The van der Waals surface area contributed by atoms with Gasteiger partial charge in [0.2, 0.25) is 0 Å². The summed E-state index contributed by atoms with van der Waals surface area (Å²) in [6.45, 7) is 3.95. The van der Waals surface area contributed by atoms with Crippen LogP contribution < -0.4 is 10.1 Å². The van der Waals surface area contributed by atoms with Gasteiger partial charge in [-0.05, 0) is 55.3 Å². The molecule has 2 aromatic heterocycles. The van der Waals surface area contributed by atoms with E-state index in [1.807, 2.05) is 13.0 Å². The molecule has 1 aromatic carbocycles. The molecule has 0 aliphatic carbocycles. The molecule has 0 atom stereocenters. The van der Waals surface area contributed by atoms with Crippen LogP contribution in [0.15, 0.2) is 53.3 Å². The summed E-state index contributed by atoms with van der Waals surface area (Å²) in [6.07, 6.45) is 3.43. The molecule has 0 saturated carbocycles. The van der Waals surface area contributed by atoms with Gasteiger partial charge in [-0.2, -0.15) is 0 Å². The van der Waals surface area contributed by atoms with Crippen molar-refractivity contribution >= 4 is 11.7 Å². The number of hydrogen-bond donors (Lipinski definition) is 1. The molecule has 0 fully saturated rings. The average Bonchev–Trinajstić information content (AvgIpc) is 3.15. The molecule has 2 heterocycles. The Hall–Kier alpha value is -3.48. The van der Waals surface area contributed by atoms with Gasteiger partial charge >= 0.3 is 0 Å². The number of amides is 1. The van der Waals surface area contributed by atoms with Gasteiger partial charge < -0.3 is 14.6 Å². The molecule has 1 N–H and O–H groups in total. The predicted molar refractivity (Wildman–Crippen MR) is 97.4 cm³/mol. The molecule has 0 radical (unpaired) electrons. The fourth-order valence-electron chi connectivity index (χ4n) is 2.39. The summed E-state index contributed by atoms with van der Waals surface area (Å²) in [4.78, 5) is 27.5. The van der Waals surface area contributed by atoms with Crippen molar-refractivity contribution in [3.05, 3.63) is 76.9 Å². The summed E-state index contributed by atoms with van der Waals surface area (Å²) in [7, 11) is 0. The number of Topliss-reactive ketones (excluding diaryl/α,β-unsaturated/α-hetero) is 1. The Labute approximate surface area is 156 Å². The lowest BCUT2D eigenvalue weighted by Gasteiger charge is -2.05. The van der Waals surface area contributed by atoms with E-state index in [2.05, 4.69) is 15.5 Å². The molecule has 3 aromatic rings. The molecule has 1 amide bonds. The van der Waals surface area contributed by atoms with E-state index in [1.165, 1.54) is 6.92 Å². The first-order valence-corrected chi connectivity index (χ1v) is 8.40. The summed E-state index contributed by atoms with van der Waals surface area (Å²) in [5.41, 5.74) is 2.79. The molecular weight excluding hydrogens is 346 g/mol. The quantitative estimate of drug-likeness (QED) is 0.647. The third-order valence-corrected chi connectivity index (χ3v) is 4.01. The second kappa shape index (κ2) is 8.27. The normalized spacial score (nSPS) is 10.4. The maximum absolute atomic E-state index is 12.2. The number of carbonyl (C=O) groups is 2. The number of benzene rings is 1. The highest BCUT2D eigenvalue weighted by Crippen LogP contribution is 2.15. The molecule has 0 aliphatic heterocycles. The Kier molecular flexibility index (Phi) is 5.61. The van der Waals surface area contributed by atoms with Gasteiger partial charge in [-0.25, -0.2) is 0 Å². The fourth-order valence-corrected chi connectivity index (χ4v) is 2.39. The van der Waals surface area contributed by atoms with Gasteiger partial charge in [-0.15, -0.1) is 0 Å². The summed E-state index contributed by atoms with van der Waals surface area (Å²) < 4.78 is 10.7. The number of pyridine rings is 1. The smallest absolute Gasteiger partial charge is 0.273 e. The van der Waals surface area contributed by atoms with Crippen LogP contribution in [-0.4, -0.2) is 21.8 Å². The predicted octanol–water partition coefficient (Wildman–Crippen LogP) is 3.09. The van der Waals surface area contributed by atoms with E-state index in [0.717, 1.165) is 11.1 Å². The number of aryl methyl sites for hydroxylation is 1. The van der Waals surface area contributed by atoms with Crippen LogP contribution in [-0.2, 0) is 13.2 Å². The van der Waals surface area contributed by atoms with Gasteiger partial charge in [0.15, 0.2) is 17.2 Å². The minimum absolute atomic E-state index is 0.00519. The van der Waals surface area contributed by atoms with Gasteiger partial charge in [-0.1, -0.05) is 5.16 Å². The van der Waals surface area contributed by atoms with Crippen molar-refractivity contribution in [2.24, 2.45) is 0 Å². The maximum atomic E-state index is 12.2. The Bertz CT molecular complexity index is 948. The van der Waals surface area contributed by atoms with Gasteiger partial charge in [0.25, 0.3) is 5.91 Å². The van der Waals surface area contributed by atoms with E-state index in [1.54, 1.807) is 42.7 Å². The zero-order valence-electron chi connectivity index (χ0n) is 15.1. The third kappa shape index (κ3) is 4.78. The summed E-state index contributed by atoms with van der Waals surface area (Å²) >= 11 is 0. The lowest BCUT2D eigenvalue weighted by molar-refractivity contribution is 0.0940. The van der Waals surface area contributed by atoms with E-state index < -0.39 is 0 Å². The van der Waals surface area contributed by atoms with Crippen molar-refractivity contribution in [3.63, 3.8) is 0 Å². The highest BCUT2D eigenvalue weighted by Gasteiger charge is 2.13. The molecule has 0 spiro atoms. The van der Waals surface area contributed by atoms with Crippen molar-refractivity contribution in [1.82, 2.24) is 15.5 Å². The third-order valence-electron chi connectivity index (χ3n) is 4.01. The number of carbonyl (C=O) groups excluding carboxylic acids is 2. The summed E-state index contributed by atoms with van der Waals surface area (Å²) in [5, 5.41) is 6.57. The molecule has 0 saturated heterocycles. The van der Waals surface area contributed by atoms with E-state index >= 15 is 0 Å². The van der Waals surface area contributed by atoms with Gasteiger partial charge in [0.1, 0.15) is 12.4 Å². The van der Waals surface area contributed by atoms with Crippen molar-refractivity contribution in [2.75, 3.05) is 0 Å². The average molecular weight is 365 g/mol.